The summed E-state index contributed by atoms with van der Waals surface area (Å²) in [6, 6.07) is 8.95. The summed E-state index contributed by atoms with van der Waals surface area (Å²) in [7, 11) is 1.60. The Bertz CT molecular complexity index is 722. The van der Waals surface area contributed by atoms with E-state index in [4.69, 9.17) is 9.26 Å². The van der Waals surface area contributed by atoms with Crippen molar-refractivity contribution in [1.29, 1.82) is 0 Å². The van der Waals surface area contributed by atoms with Gasteiger partial charge in [-0.05, 0) is 30.5 Å². The van der Waals surface area contributed by atoms with E-state index in [-0.39, 0.29) is 11.7 Å². The fraction of sp³-hybridized carbons (Fsp3) is 0.389. The van der Waals surface area contributed by atoms with Gasteiger partial charge in [0.2, 0.25) is 0 Å². The summed E-state index contributed by atoms with van der Waals surface area (Å²) in [4.78, 5) is 26.3. The number of nitrogens with one attached hydrogen (secondary N) is 1. The smallest absolute Gasteiger partial charge is 0.315 e. The van der Waals surface area contributed by atoms with Gasteiger partial charge in [-0.25, -0.2) is 0 Å². The average molecular weight is 345 g/mol. The summed E-state index contributed by atoms with van der Waals surface area (Å²) in [6.45, 7) is 6.50. The van der Waals surface area contributed by atoms with E-state index in [1.165, 1.54) is 4.90 Å². The number of aromatic nitrogens is 1. The average Bonchev–Trinajstić information content (AvgIpc) is 2.98. The second kappa shape index (κ2) is 8.32. The molecule has 1 aromatic heterocycles. The van der Waals surface area contributed by atoms with Gasteiger partial charge in [0.1, 0.15) is 11.5 Å². The minimum atomic E-state index is -0.734. The summed E-state index contributed by atoms with van der Waals surface area (Å²) in [6.07, 6.45) is 0. The molecule has 0 bridgehead atoms. The molecule has 0 saturated carbocycles. The molecule has 7 heteroatoms. The van der Waals surface area contributed by atoms with Crippen molar-refractivity contribution < 1.29 is 18.8 Å². The zero-order valence-electron chi connectivity index (χ0n) is 14.9. The second-order valence-corrected chi connectivity index (χ2v) is 6.20. The maximum Gasteiger partial charge on any atom is 0.315 e. The van der Waals surface area contributed by atoms with Crippen molar-refractivity contribution in [2.45, 2.75) is 27.3 Å². The molecular weight excluding hydrogens is 322 g/mol. The third-order valence-corrected chi connectivity index (χ3v) is 3.47. The highest BCUT2D eigenvalue weighted by Crippen LogP contribution is 2.15. The Morgan fingerprint density at radius 3 is 2.48 bits per heavy atom. The van der Waals surface area contributed by atoms with E-state index in [1.807, 2.05) is 38.1 Å². The Labute approximate surface area is 146 Å². The maximum absolute atomic E-state index is 12.5. The van der Waals surface area contributed by atoms with Gasteiger partial charge in [-0.1, -0.05) is 31.1 Å². The highest BCUT2D eigenvalue weighted by molar-refractivity contribution is 6.39. The molecule has 0 aliphatic rings. The van der Waals surface area contributed by atoms with Crippen molar-refractivity contribution in [3.05, 3.63) is 41.7 Å². The normalized spacial score (nSPS) is 10.6. The van der Waals surface area contributed by atoms with Gasteiger partial charge in [0.05, 0.1) is 7.11 Å². The number of methoxy groups -OCH3 is 1. The van der Waals surface area contributed by atoms with Crippen LogP contribution in [0, 0.1) is 12.8 Å². The molecule has 1 N–H and O–H groups in total. The lowest BCUT2D eigenvalue weighted by Crippen LogP contribution is -2.41. The van der Waals surface area contributed by atoms with Crippen LogP contribution in [0.15, 0.2) is 34.9 Å². The van der Waals surface area contributed by atoms with Gasteiger partial charge in [-0.2, -0.15) is 0 Å². The number of carbonyl (C=O) groups excluding carboxylic acids is 2. The van der Waals surface area contributed by atoms with Gasteiger partial charge < -0.3 is 14.2 Å². The number of anilines is 1. The first kappa shape index (κ1) is 18.5. The molecule has 2 amide bonds. The lowest BCUT2D eigenvalue weighted by atomic mass is 10.1. The number of nitrogens with zero attached hydrogens (tertiary/aromatic N) is 2. The fourth-order valence-corrected chi connectivity index (χ4v) is 2.35. The molecule has 0 aliphatic heterocycles. The van der Waals surface area contributed by atoms with E-state index in [9.17, 15) is 9.59 Å². The van der Waals surface area contributed by atoms with Crippen LogP contribution in [-0.2, 0) is 16.1 Å². The first-order valence-corrected chi connectivity index (χ1v) is 8.05. The van der Waals surface area contributed by atoms with Crippen LogP contribution in [0.4, 0.5) is 5.82 Å². The number of benzene rings is 1. The minimum absolute atomic E-state index is 0.226. The highest BCUT2D eigenvalue weighted by Gasteiger charge is 2.23. The predicted molar refractivity (Wildman–Crippen MR) is 93.1 cm³/mol. The Morgan fingerprint density at radius 2 is 1.96 bits per heavy atom. The first-order valence-electron chi connectivity index (χ1n) is 8.05. The topological polar surface area (TPSA) is 84.7 Å². The molecule has 7 nitrogen and oxygen atoms in total. The van der Waals surface area contributed by atoms with E-state index in [1.54, 1.807) is 20.1 Å². The van der Waals surface area contributed by atoms with Crippen LogP contribution in [-0.4, -0.2) is 35.5 Å². The van der Waals surface area contributed by atoms with E-state index < -0.39 is 11.8 Å². The molecular formula is C18H23N3O4. The second-order valence-electron chi connectivity index (χ2n) is 6.20. The number of hydrogen-bond donors (Lipinski definition) is 1. The number of carbonyl (C=O) groups is 2. The van der Waals surface area contributed by atoms with Gasteiger partial charge in [0, 0.05) is 19.2 Å². The van der Waals surface area contributed by atoms with E-state index in [0.29, 0.717) is 18.8 Å². The molecule has 134 valence electrons. The minimum Gasteiger partial charge on any atom is -0.497 e. The molecule has 25 heavy (non-hydrogen) atoms. The van der Waals surface area contributed by atoms with Crippen molar-refractivity contribution in [1.82, 2.24) is 10.1 Å². The third kappa shape index (κ3) is 5.34. The lowest BCUT2D eigenvalue weighted by molar-refractivity contribution is -0.144. The van der Waals surface area contributed by atoms with Crippen LogP contribution in [0.1, 0.15) is 25.2 Å². The van der Waals surface area contributed by atoms with Crippen LogP contribution < -0.4 is 10.1 Å². The summed E-state index contributed by atoms with van der Waals surface area (Å²) >= 11 is 0. The number of ether oxygens (including phenoxy) is 1. The molecule has 0 radical (unpaired) electrons. The number of hydrogen-bond acceptors (Lipinski definition) is 5. The van der Waals surface area contributed by atoms with Crippen LogP contribution in [0.2, 0.25) is 0 Å². The van der Waals surface area contributed by atoms with Crippen molar-refractivity contribution in [2.75, 3.05) is 19.0 Å². The van der Waals surface area contributed by atoms with E-state index in [2.05, 4.69) is 10.5 Å². The van der Waals surface area contributed by atoms with Crippen molar-refractivity contribution >= 4 is 17.6 Å². The van der Waals surface area contributed by atoms with E-state index in [0.717, 1.165) is 11.3 Å². The Morgan fingerprint density at radius 1 is 1.28 bits per heavy atom. The molecule has 2 aromatic rings. The van der Waals surface area contributed by atoms with Crippen molar-refractivity contribution in [2.24, 2.45) is 5.92 Å². The molecule has 2 rings (SSSR count). The Hall–Kier alpha value is -2.83. The molecule has 0 spiro atoms. The molecule has 0 atom stereocenters. The molecule has 0 saturated heterocycles. The molecule has 1 heterocycles. The van der Waals surface area contributed by atoms with E-state index >= 15 is 0 Å². The monoisotopic (exact) mass is 345 g/mol. The standard InChI is InChI=1S/C18H23N3O4/c1-12(2)10-21(11-14-5-7-15(24-4)8-6-14)18(23)17(22)19-16-9-13(3)25-20-16/h5-9,12H,10-11H2,1-4H3,(H,19,20,22). The Balaban J connectivity index is 2.08. The fourth-order valence-electron chi connectivity index (χ4n) is 2.35. The molecule has 0 fully saturated rings. The summed E-state index contributed by atoms with van der Waals surface area (Å²) < 4.78 is 10.0. The zero-order valence-corrected chi connectivity index (χ0v) is 14.9. The third-order valence-electron chi connectivity index (χ3n) is 3.47. The number of amides is 2. The summed E-state index contributed by atoms with van der Waals surface area (Å²) in [5.41, 5.74) is 0.917. The maximum atomic E-state index is 12.5. The van der Waals surface area contributed by atoms with Crippen molar-refractivity contribution in [3.8, 4) is 5.75 Å². The SMILES string of the molecule is COc1ccc(CN(CC(C)C)C(=O)C(=O)Nc2cc(C)on2)cc1. The van der Waals surface area contributed by atoms with Gasteiger partial charge in [-0.15, -0.1) is 0 Å². The highest BCUT2D eigenvalue weighted by atomic mass is 16.5. The summed E-state index contributed by atoms with van der Waals surface area (Å²) in [5.74, 6) is 0.409. The van der Waals surface area contributed by atoms with Crippen LogP contribution >= 0.6 is 0 Å². The van der Waals surface area contributed by atoms with Crippen LogP contribution in [0.25, 0.3) is 0 Å². The largest absolute Gasteiger partial charge is 0.497 e. The predicted octanol–water partition coefficient (Wildman–Crippen LogP) is 2.61. The first-order chi connectivity index (χ1) is 11.9. The quantitative estimate of drug-likeness (QED) is 0.814. The molecule has 0 unspecified atom stereocenters. The summed E-state index contributed by atoms with van der Waals surface area (Å²) in [5, 5.41) is 6.14. The lowest BCUT2D eigenvalue weighted by Gasteiger charge is -2.24. The van der Waals surface area contributed by atoms with Gasteiger partial charge in [-0.3, -0.25) is 14.9 Å². The number of aryl methyl sites for hydroxylation is 1. The number of rotatable bonds is 6. The van der Waals surface area contributed by atoms with Gasteiger partial charge in [0.15, 0.2) is 5.82 Å². The zero-order chi connectivity index (χ0) is 18.4. The van der Waals surface area contributed by atoms with Gasteiger partial charge >= 0.3 is 11.8 Å². The van der Waals surface area contributed by atoms with Crippen molar-refractivity contribution in [3.63, 3.8) is 0 Å². The Kier molecular flexibility index (Phi) is 6.16. The molecule has 0 aliphatic carbocycles. The van der Waals surface area contributed by atoms with Gasteiger partial charge in [0.25, 0.3) is 0 Å². The molecule has 1 aromatic carbocycles. The van der Waals surface area contributed by atoms with Crippen LogP contribution in [0.3, 0.4) is 0 Å². The van der Waals surface area contributed by atoms with Crippen LogP contribution in [0.5, 0.6) is 5.75 Å².